The largest absolute Gasteiger partial charge is 0.264 e. The van der Waals surface area contributed by atoms with Crippen LogP contribution in [-0.4, -0.2) is 15.0 Å². The monoisotopic (exact) mass is 609 g/mol. The van der Waals surface area contributed by atoms with Gasteiger partial charge in [-0.25, -0.2) is 9.97 Å². The molecule has 0 radical (unpaired) electrons. The number of aromatic nitrogens is 3. The summed E-state index contributed by atoms with van der Waals surface area (Å²) in [6, 6.07) is 54.2. The average Bonchev–Trinajstić information content (AvgIpc) is 3.17. The quantitative estimate of drug-likeness (QED) is 0.186. The van der Waals surface area contributed by atoms with Crippen LogP contribution in [0, 0.1) is 0 Å². The minimum Gasteiger partial charge on any atom is -0.264 e. The molecule has 0 atom stereocenters. The Balaban J connectivity index is 1.13. The Bertz CT molecular complexity index is 2810. The number of fused-ring (bicyclic) bond motifs is 3. The van der Waals surface area contributed by atoms with E-state index >= 15 is 0 Å². The van der Waals surface area contributed by atoms with Crippen molar-refractivity contribution in [2.45, 2.75) is 0 Å². The average molecular weight is 610 g/mol. The van der Waals surface area contributed by atoms with E-state index in [4.69, 9.17) is 9.97 Å². The number of hydrogen-bond acceptors (Lipinski definition) is 3. The molecule has 3 heteroatoms. The van der Waals surface area contributed by atoms with E-state index in [0.29, 0.717) is 0 Å². The maximum absolute atomic E-state index is 5.34. The molecular formula is C45H27N3. The lowest BCUT2D eigenvalue weighted by Gasteiger charge is -2.16. The molecule has 7 aromatic carbocycles. The Labute approximate surface area is 277 Å². The van der Waals surface area contributed by atoms with Crippen molar-refractivity contribution in [3.8, 4) is 44.8 Å². The lowest BCUT2D eigenvalue weighted by molar-refractivity contribution is 1.33. The Morgan fingerprint density at radius 3 is 1.56 bits per heavy atom. The third-order valence-corrected chi connectivity index (χ3v) is 9.72. The van der Waals surface area contributed by atoms with E-state index in [9.17, 15) is 0 Å². The molecule has 3 nitrogen and oxygen atoms in total. The van der Waals surface area contributed by atoms with Gasteiger partial charge in [0.1, 0.15) is 0 Å². The Hall–Kier alpha value is -6.45. The third-order valence-electron chi connectivity index (χ3n) is 9.72. The van der Waals surface area contributed by atoms with Gasteiger partial charge in [-0.05, 0) is 72.8 Å². The highest BCUT2D eigenvalue weighted by atomic mass is 14.8. The molecule has 48 heavy (non-hydrogen) atoms. The smallest absolute Gasteiger partial charge is 0.0972 e. The van der Waals surface area contributed by atoms with E-state index in [-0.39, 0.29) is 0 Å². The van der Waals surface area contributed by atoms with E-state index in [1.807, 2.05) is 12.3 Å². The Morgan fingerprint density at radius 1 is 0.333 bits per heavy atom. The molecule has 0 spiro atoms. The van der Waals surface area contributed by atoms with Crippen LogP contribution in [0.2, 0.25) is 0 Å². The topological polar surface area (TPSA) is 38.7 Å². The molecule has 0 saturated carbocycles. The highest BCUT2D eigenvalue weighted by molar-refractivity contribution is 6.27. The summed E-state index contributed by atoms with van der Waals surface area (Å²) in [6.45, 7) is 0. The lowest BCUT2D eigenvalue weighted by atomic mass is 9.88. The molecule has 0 bridgehead atoms. The molecule has 0 aliphatic rings. The molecule has 0 N–H and O–H groups in total. The van der Waals surface area contributed by atoms with Gasteiger partial charge >= 0.3 is 0 Å². The standard InChI is InChI=1S/C45H27N3/c1-2-5-29(6-3-1)36-20-14-31-17-23-39-37(21-15-32-16-22-38(36)42(31)43(32)39)41-25-19-34-13-12-33-18-24-40(47-44(33)45(34)48-41)30-10-8-28(9-11-30)35-7-4-26-46-27-35/h1-27H. The van der Waals surface area contributed by atoms with Crippen LogP contribution in [-0.2, 0) is 0 Å². The van der Waals surface area contributed by atoms with Gasteiger partial charge in [-0.15, -0.1) is 0 Å². The first kappa shape index (κ1) is 26.7. The van der Waals surface area contributed by atoms with Crippen LogP contribution in [0.1, 0.15) is 0 Å². The fourth-order valence-corrected chi connectivity index (χ4v) is 7.34. The van der Waals surface area contributed by atoms with Gasteiger partial charge in [0.15, 0.2) is 0 Å². The summed E-state index contributed by atoms with van der Waals surface area (Å²) in [5.41, 5.74) is 10.6. The molecular weight excluding hydrogens is 583 g/mol. The third kappa shape index (κ3) is 4.18. The zero-order valence-corrected chi connectivity index (χ0v) is 25.9. The van der Waals surface area contributed by atoms with Crippen LogP contribution in [0.4, 0.5) is 0 Å². The predicted molar refractivity (Wildman–Crippen MR) is 200 cm³/mol. The number of benzene rings is 7. The van der Waals surface area contributed by atoms with Gasteiger partial charge in [-0.2, -0.15) is 0 Å². The zero-order valence-electron chi connectivity index (χ0n) is 25.9. The van der Waals surface area contributed by atoms with E-state index < -0.39 is 0 Å². The molecule has 3 aromatic heterocycles. The van der Waals surface area contributed by atoms with Crippen LogP contribution < -0.4 is 0 Å². The molecule has 0 fully saturated rings. The second kappa shape index (κ2) is 10.5. The number of rotatable bonds is 4. The first-order valence-electron chi connectivity index (χ1n) is 16.3. The van der Waals surface area contributed by atoms with E-state index in [1.54, 1.807) is 6.20 Å². The van der Waals surface area contributed by atoms with Crippen molar-refractivity contribution in [1.82, 2.24) is 15.0 Å². The van der Waals surface area contributed by atoms with Gasteiger partial charge in [0.25, 0.3) is 0 Å². The van der Waals surface area contributed by atoms with Gasteiger partial charge in [0.05, 0.1) is 22.4 Å². The normalized spacial score (nSPS) is 11.8. The molecule has 0 saturated heterocycles. The second-order valence-electron chi connectivity index (χ2n) is 12.4. The molecule has 0 aliphatic carbocycles. The maximum atomic E-state index is 5.34. The van der Waals surface area contributed by atoms with Crippen molar-refractivity contribution in [1.29, 1.82) is 0 Å². The second-order valence-corrected chi connectivity index (χ2v) is 12.4. The summed E-state index contributed by atoms with van der Waals surface area (Å²) in [5.74, 6) is 0. The fraction of sp³-hybridized carbons (Fsp3) is 0. The van der Waals surface area contributed by atoms with E-state index in [2.05, 4.69) is 151 Å². The summed E-state index contributed by atoms with van der Waals surface area (Å²) in [6.07, 6.45) is 3.69. The van der Waals surface area contributed by atoms with E-state index in [1.165, 1.54) is 43.4 Å². The minimum atomic E-state index is 0.911. The molecule has 0 aliphatic heterocycles. The lowest BCUT2D eigenvalue weighted by Crippen LogP contribution is -1.93. The van der Waals surface area contributed by atoms with Crippen LogP contribution in [0.5, 0.6) is 0 Å². The van der Waals surface area contributed by atoms with Crippen molar-refractivity contribution in [2.24, 2.45) is 0 Å². The molecule has 0 unspecified atom stereocenters. The fourth-order valence-electron chi connectivity index (χ4n) is 7.34. The first-order valence-corrected chi connectivity index (χ1v) is 16.3. The SMILES string of the molecule is c1ccc(-c2ccc3ccc4c(-c5ccc6ccc7ccc(-c8ccc(-c9cccnc9)cc8)nc7c6n5)ccc5ccc2c3c54)cc1. The summed E-state index contributed by atoms with van der Waals surface area (Å²) < 4.78 is 0. The van der Waals surface area contributed by atoms with Gasteiger partial charge in [0, 0.05) is 34.3 Å². The number of nitrogens with zero attached hydrogens (tertiary/aromatic N) is 3. The summed E-state index contributed by atoms with van der Waals surface area (Å²) >= 11 is 0. The van der Waals surface area contributed by atoms with Crippen LogP contribution in [0.25, 0.3) is 98.9 Å². The van der Waals surface area contributed by atoms with Crippen molar-refractivity contribution >= 4 is 54.1 Å². The molecule has 10 rings (SSSR count). The van der Waals surface area contributed by atoms with Gasteiger partial charge in [-0.3, -0.25) is 4.98 Å². The van der Waals surface area contributed by atoms with Gasteiger partial charge in [-0.1, -0.05) is 133 Å². The Morgan fingerprint density at radius 2 is 0.875 bits per heavy atom. The highest BCUT2D eigenvalue weighted by Crippen LogP contribution is 2.42. The van der Waals surface area contributed by atoms with Gasteiger partial charge in [0.2, 0.25) is 0 Å². The van der Waals surface area contributed by atoms with Crippen LogP contribution in [0.15, 0.2) is 164 Å². The summed E-state index contributed by atoms with van der Waals surface area (Å²) in [4.78, 5) is 14.8. The van der Waals surface area contributed by atoms with E-state index in [0.717, 1.165) is 55.4 Å². The number of pyridine rings is 3. The minimum absolute atomic E-state index is 0.911. The maximum Gasteiger partial charge on any atom is 0.0972 e. The van der Waals surface area contributed by atoms with Crippen molar-refractivity contribution in [3.63, 3.8) is 0 Å². The van der Waals surface area contributed by atoms with Crippen molar-refractivity contribution in [2.75, 3.05) is 0 Å². The summed E-state index contributed by atoms with van der Waals surface area (Å²) in [5, 5.41) is 9.73. The molecule has 10 aromatic rings. The molecule has 3 heterocycles. The van der Waals surface area contributed by atoms with Crippen LogP contribution in [0.3, 0.4) is 0 Å². The predicted octanol–water partition coefficient (Wildman–Crippen LogP) is 11.7. The first-order chi connectivity index (χ1) is 23.8. The Kier molecular flexibility index (Phi) is 5.87. The van der Waals surface area contributed by atoms with Crippen molar-refractivity contribution in [3.05, 3.63) is 164 Å². The van der Waals surface area contributed by atoms with Crippen molar-refractivity contribution < 1.29 is 0 Å². The van der Waals surface area contributed by atoms with Crippen LogP contribution >= 0.6 is 0 Å². The molecule has 0 amide bonds. The molecule has 222 valence electrons. The van der Waals surface area contributed by atoms with Gasteiger partial charge < -0.3 is 0 Å². The highest BCUT2D eigenvalue weighted by Gasteiger charge is 2.16. The number of hydrogen-bond donors (Lipinski definition) is 0. The zero-order chi connectivity index (χ0) is 31.6. The summed E-state index contributed by atoms with van der Waals surface area (Å²) in [7, 11) is 0.